The van der Waals surface area contributed by atoms with Crippen LogP contribution >= 0.6 is 11.8 Å². The molecule has 0 bridgehead atoms. The summed E-state index contributed by atoms with van der Waals surface area (Å²) in [4.78, 5) is 16.9. The monoisotopic (exact) mass is 366 g/mol. The number of H-pyrrole nitrogens is 1. The minimum absolute atomic E-state index is 0.0686. The molecule has 1 amide bonds. The second-order valence-corrected chi connectivity index (χ2v) is 7.44. The van der Waals surface area contributed by atoms with Gasteiger partial charge in [-0.15, -0.1) is 5.10 Å². The summed E-state index contributed by atoms with van der Waals surface area (Å²) in [5.41, 5.74) is 4.22. The number of aryl methyl sites for hydroxylation is 2. The highest BCUT2D eigenvalue weighted by Crippen LogP contribution is 2.24. The maximum absolute atomic E-state index is 12.4. The number of aromatic nitrogens is 3. The summed E-state index contributed by atoms with van der Waals surface area (Å²) in [5, 5.41) is 10.3. The minimum Gasteiger partial charge on any atom is -0.325 e. The van der Waals surface area contributed by atoms with E-state index in [4.69, 9.17) is 0 Å². The molecule has 1 aromatic heterocycles. The molecule has 0 aliphatic heterocycles. The van der Waals surface area contributed by atoms with E-state index in [0.717, 1.165) is 17.7 Å². The second-order valence-electron chi connectivity index (χ2n) is 6.13. The number of carbonyl (C=O) groups excluding carboxylic acids is 1. The van der Waals surface area contributed by atoms with E-state index in [1.54, 1.807) is 0 Å². The molecule has 26 heavy (non-hydrogen) atoms. The number of hydrogen-bond donors (Lipinski definition) is 2. The molecule has 6 heteroatoms. The summed E-state index contributed by atoms with van der Waals surface area (Å²) in [6.45, 7) is 6.00. The standard InChI is InChI=1S/C20H22N4OS/c1-4-15-7-11-17(12-8-15)21-19(25)14(3)26-20-22-18(23-24-20)16-9-5-13(2)6-10-16/h5-12,14H,4H2,1-3H3,(H,21,25)(H,22,23,24)/t14-/m1/s1. The van der Waals surface area contributed by atoms with E-state index in [1.807, 2.05) is 62.4 Å². The fourth-order valence-electron chi connectivity index (χ4n) is 2.42. The Morgan fingerprint density at radius 1 is 1.15 bits per heavy atom. The molecule has 2 aromatic carbocycles. The average molecular weight is 366 g/mol. The number of nitrogens with zero attached hydrogens (tertiary/aromatic N) is 2. The van der Waals surface area contributed by atoms with Crippen molar-refractivity contribution in [2.75, 3.05) is 5.32 Å². The third-order valence-corrected chi connectivity index (χ3v) is 5.03. The normalized spacial score (nSPS) is 12.0. The predicted molar refractivity (Wildman–Crippen MR) is 106 cm³/mol. The smallest absolute Gasteiger partial charge is 0.237 e. The molecule has 0 saturated carbocycles. The topological polar surface area (TPSA) is 70.7 Å². The van der Waals surface area contributed by atoms with Crippen molar-refractivity contribution in [1.29, 1.82) is 0 Å². The molecule has 0 aliphatic rings. The number of aromatic amines is 1. The number of benzene rings is 2. The van der Waals surface area contributed by atoms with E-state index in [0.29, 0.717) is 11.0 Å². The average Bonchev–Trinajstić information content (AvgIpc) is 3.11. The lowest BCUT2D eigenvalue weighted by Crippen LogP contribution is -2.22. The van der Waals surface area contributed by atoms with Gasteiger partial charge in [-0.05, 0) is 38.0 Å². The van der Waals surface area contributed by atoms with Gasteiger partial charge >= 0.3 is 0 Å². The molecule has 2 N–H and O–H groups in total. The molecule has 0 radical (unpaired) electrons. The van der Waals surface area contributed by atoms with E-state index in [9.17, 15) is 4.79 Å². The van der Waals surface area contributed by atoms with Crippen molar-refractivity contribution in [3.63, 3.8) is 0 Å². The first kappa shape index (κ1) is 18.2. The zero-order valence-corrected chi connectivity index (χ0v) is 15.9. The van der Waals surface area contributed by atoms with Gasteiger partial charge < -0.3 is 5.32 Å². The summed E-state index contributed by atoms with van der Waals surface area (Å²) >= 11 is 1.33. The van der Waals surface area contributed by atoms with Crippen LogP contribution in [0.4, 0.5) is 5.69 Å². The van der Waals surface area contributed by atoms with Crippen LogP contribution in [-0.2, 0) is 11.2 Å². The molecule has 3 aromatic rings. The Morgan fingerprint density at radius 3 is 2.50 bits per heavy atom. The van der Waals surface area contributed by atoms with Gasteiger partial charge in [-0.25, -0.2) is 4.98 Å². The number of amides is 1. The Hall–Kier alpha value is -2.60. The van der Waals surface area contributed by atoms with Crippen LogP contribution in [0.2, 0.25) is 0 Å². The number of thioether (sulfide) groups is 1. The van der Waals surface area contributed by atoms with Gasteiger partial charge in [-0.3, -0.25) is 9.89 Å². The Morgan fingerprint density at radius 2 is 1.85 bits per heavy atom. The number of nitrogens with one attached hydrogen (secondary N) is 2. The van der Waals surface area contributed by atoms with Gasteiger partial charge in [0.2, 0.25) is 11.1 Å². The second kappa shape index (κ2) is 8.19. The van der Waals surface area contributed by atoms with Gasteiger partial charge in [-0.2, -0.15) is 0 Å². The number of rotatable bonds is 6. The molecule has 0 aliphatic carbocycles. The van der Waals surface area contributed by atoms with E-state index in [2.05, 4.69) is 27.4 Å². The van der Waals surface area contributed by atoms with Gasteiger partial charge in [0.25, 0.3) is 0 Å². The van der Waals surface area contributed by atoms with Crippen molar-refractivity contribution < 1.29 is 4.79 Å². The van der Waals surface area contributed by atoms with Crippen LogP contribution in [0, 0.1) is 6.92 Å². The van der Waals surface area contributed by atoms with E-state index < -0.39 is 0 Å². The molecule has 3 rings (SSSR count). The van der Waals surface area contributed by atoms with Crippen molar-refractivity contribution in [3.8, 4) is 11.4 Å². The first-order chi connectivity index (χ1) is 12.5. The Labute approximate surface area is 157 Å². The first-order valence-corrected chi connectivity index (χ1v) is 9.49. The highest BCUT2D eigenvalue weighted by atomic mass is 32.2. The number of anilines is 1. The highest BCUT2D eigenvalue weighted by Gasteiger charge is 2.17. The largest absolute Gasteiger partial charge is 0.325 e. The summed E-state index contributed by atoms with van der Waals surface area (Å²) in [6, 6.07) is 16.0. The zero-order chi connectivity index (χ0) is 18.5. The Balaban J connectivity index is 1.61. The van der Waals surface area contributed by atoms with Crippen LogP contribution in [0.15, 0.2) is 53.7 Å². The molecule has 0 unspecified atom stereocenters. The molecule has 5 nitrogen and oxygen atoms in total. The molecular weight excluding hydrogens is 344 g/mol. The van der Waals surface area contributed by atoms with Gasteiger partial charge in [0.05, 0.1) is 5.25 Å². The SMILES string of the molecule is CCc1ccc(NC(=O)[C@@H](C)Sc2n[nH]c(-c3ccc(C)cc3)n2)cc1. The Kier molecular flexibility index (Phi) is 5.73. The zero-order valence-electron chi connectivity index (χ0n) is 15.1. The highest BCUT2D eigenvalue weighted by molar-refractivity contribution is 8.00. The minimum atomic E-state index is -0.303. The van der Waals surface area contributed by atoms with E-state index >= 15 is 0 Å². The summed E-state index contributed by atoms with van der Waals surface area (Å²) in [5.74, 6) is 0.635. The molecule has 0 fully saturated rings. The molecule has 1 atom stereocenters. The third-order valence-electron chi connectivity index (χ3n) is 4.07. The third kappa shape index (κ3) is 4.52. The summed E-state index contributed by atoms with van der Waals surface area (Å²) in [7, 11) is 0. The van der Waals surface area contributed by atoms with Crippen molar-refractivity contribution in [3.05, 3.63) is 59.7 Å². The van der Waals surface area contributed by atoms with E-state index in [1.165, 1.54) is 22.9 Å². The lowest BCUT2D eigenvalue weighted by atomic mass is 10.1. The quantitative estimate of drug-likeness (QED) is 0.632. The molecular formula is C20H22N4OS. The van der Waals surface area contributed by atoms with Crippen molar-refractivity contribution in [1.82, 2.24) is 15.2 Å². The molecule has 0 saturated heterocycles. The van der Waals surface area contributed by atoms with Crippen LogP contribution in [0.3, 0.4) is 0 Å². The van der Waals surface area contributed by atoms with Crippen LogP contribution in [-0.4, -0.2) is 26.3 Å². The van der Waals surface area contributed by atoms with Crippen molar-refractivity contribution >= 4 is 23.4 Å². The Bertz CT molecular complexity index is 872. The predicted octanol–water partition coefficient (Wildman–Crippen LogP) is 4.46. The van der Waals surface area contributed by atoms with Crippen molar-refractivity contribution in [2.45, 2.75) is 37.6 Å². The van der Waals surface area contributed by atoms with Gasteiger partial charge in [0.15, 0.2) is 5.82 Å². The van der Waals surface area contributed by atoms with E-state index in [-0.39, 0.29) is 11.2 Å². The lowest BCUT2D eigenvalue weighted by Gasteiger charge is -2.10. The fraction of sp³-hybridized carbons (Fsp3) is 0.250. The fourth-order valence-corrected chi connectivity index (χ4v) is 3.14. The van der Waals surface area contributed by atoms with Crippen LogP contribution in [0.1, 0.15) is 25.0 Å². The van der Waals surface area contributed by atoms with Crippen LogP contribution in [0.25, 0.3) is 11.4 Å². The lowest BCUT2D eigenvalue weighted by molar-refractivity contribution is -0.115. The van der Waals surface area contributed by atoms with Gasteiger partial charge in [0, 0.05) is 11.3 Å². The maximum atomic E-state index is 12.4. The molecule has 1 heterocycles. The van der Waals surface area contributed by atoms with Gasteiger partial charge in [-0.1, -0.05) is 60.6 Å². The number of hydrogen-bond acceptors (Lipinski definition) is 4. The van der Waals surface area contributed by atoms with Crippen LogP contribution < -0.4 is 5.32 Å². The molecule has 0 spiro atoms. The van der Waals surface area contributed by atoms with Crippen LogP contribution in [0.5, 0.6) is 0 Å². The summed E-state index contributed by atoms with van der Waals surface area (Å²) < 4.78 is 0. The van der Waals surface area contributed by atoms with Gasteiger partial charge in [0.1, 0.15) is 0 Å². The number of carbonyl (C=O) groups is 1. The van der Waals surface area contributed by atoms with Crippen molar-refractivity contribution in [2.24, 2.45) is 0 Å². The first-order valence-electron chi connectivity index (χ1n) is 8.61. The molecule has 134 valence electrons. The summed E-state index contributed by atoms with van der Waals surface area (Å²) in [6.07, 6.45) is 0.981. The maximum Gasteiger partial charge on any atom is 0.237 e.